The quantitative estimate of drug-likeness (QED) is 0.162. The fourth-order valence-electron chi connectivity index (χ4n) is 6.06. The van der Waals surface area contributed by atoms with Gasteiger partial charge in [0.05, 0.1) is 20.6 Å². The van der Waals surface area contributed by atoms with Gasteiger partial charge in [0, 0.05) is 19.0 Å². The second kappa shape index (κ2) is 16.0. The van der Waals surface area contributed by atoms with E-state index in [1.54, 1.807) is 48.5 Å². The molecule has 0 radical (unpaired) electrons. The van der Waals surface area contributed by atoms with Crippen LogP contribution in [0.3, 0.4) is 0 Å². The van der Waals surface area contributed by atoms with Crippen LogP contribution in [0.2, 0.25) is 10.0 Å². The summed E-state index contributed by atoms with van der Waals surface area (Å²) in [6.45, 7) is 3.33. The monoisotopic (exact) mass is 705 g/mol. The highest BCUT2D eigenvalue weighted by atomic mass is 35.5. The number of aryl methyl sites for hydroxylation is 2. The number of sulfonamides is 1. The van der Waals surface area contributed by atoms with Crippen LogP contribution in [0, 0.1) is 13.8 Å². The van der Waals surface area contributed by atoms with E-state index in [2.05, 4.69) is 5.32 Å². The molecule has 0 spiro atoms. The lowest BCUT2D eigenvalue weighted by molar-refractivity contribution is -0.140. The van der Waals surface area contributed by atoms with E-state index in [1.165, 1.54) is 17.0 Å². The summed E-state index contributed by atoms with van der Waals surface area (Å²) in [6, 6.07) is 27.1. The van der Waals surface area contributed by atoms with Gasteiger partial charge < -0.3 is 10.2 Å². The molecule has 4 aromatic carbocycles. The van der Waals surface area contributed by atoms with Crippen molar-refractivity contribution in [3.63, 3.8) is 0 Å². The number of carbonyl (C=O) groups is 2. The second-order valence-corrected chi connectivity index (χ2v) is 15.1. The third kappa shape index (κ3) is 8.78. The van der Waals surface area contributed by atoms with Crippen molar-refractivity contribution in [2.75, 3.05) is 10.8 Å². The van der Waals surface area contributed by atoms with Crippen molar-refractivity contribution >= 4 is 50.7 Å². The molecule has 7 nitrogen and oxygen atoms in total. The van der Waals surface area contributed by atoms with Crippen LogP contribution in [0.15, 0.2) is 102 Å². The Hall–Kier alpha value is -3.85. The van der Waals surface area contributed by atoms with Crippen molar-refractivity contribution in [2.45, 2.75) is 75.9 Å². The summed E-state index contributed by atoms with van der Waals surface area (Å²) >= 11 is 12.6. The van der Waals surface area contributed by atoms with Crippen molar-refractivity contribution < 1.29 is 18.0 Å². The summed E-state index contributed by atoms with van der Waals surface area (Å²) < 4.78 is 29.6. The van der Waals surface area contributed by atoms with E-state index < -0.39 is 28.5 Å². The van der Waals surface area contributed by atoms with Gasteiger partial charge in [-0.15, -0.1) is 0 Å². The summed E-state index contributed by atoms with van der Waals surface area (Å²) in [7, 11) is -4.18. The summed E-state index contributed by atoms with van der Waals surface area (Å²) in [6.07, 6.45) is 5.18. The van der Waals surface area contributed by atoms with E-state index in [1.807, 2.05) is 50.2 Å². The van der Waals surface area contributed by atoms with E-state index in [9.17, 15) is 18.0 Å². The van der Waals surface area contributed by atoms with Crippen molar-refractivity contribution in [1.82, 2.24) is 10.2 Å². The molecule has 0 saturated heterocycles. The molecule has 0 aromatic heterocycles. The lowest BCUT2D eigenvalue weighted by Crippen LogP contribution is -2.55. The van der Waals surface area contributed by atoms with E-state index in [0.717, 1.165) is 53.1 Å². The number of benzene rings is 4. The Kier molecular flexibility index (Phi) is 11.8. The molecule has 1 fully saturated rings. The molecule has 5 rings (SSSR count). The maximum absolute atomic E-state index is 14.7. The second-order valence-electron chi connectivity index (χ2n) is 12.4. The normalized spacial score (nSPS) is 14.2. The molecule has 4 aromatic rings. The van der Waals surface area contributed by atoms with E-state index in [4.69, 9.17) is 23.2 Å². The minimum atomic E-state index is -4.18. The SMILES string of the molecule is Cc1ccc(N(CC(=O)N(Cc2ccc(Cl)c(Cl)c2)C(Cc2ccccc2)C(=O)NC2CCCCC2)S(=O)(=O)c2ccccc2)cc1C. The van der Waals surface area contributed by atoms with Crippen LogP contribution in [0.25, 0.3) is 0 Å². The van der Waals surface area contributed by atoms with Gasteiger partial charge in [0.25, 0.3) is 10.0 Å². The fraction of sp³-hybridized carbons (Fsp3) is 0.316. The average molecular weight is 707 g/mol. The van der Waals surface area contributed by atoms with E-state index in [-0.39, 0.29) is 29.8 Å². The lowest BCUT2D eigenvalue weighted by atomic mass is 9.94. The Bertz CT molecular complexity index is 1830. The highest BCUT2D eigenvalue weighted by molar-refractivity contribution is 7.92. The number of anilines is 1. The topological polar surface area (TPSA) is 86.8 Å². The van der Waals surface area contributed by atoms with Crippen LogP contribution in [-0.4, -0.2) is 43.8 Å². The van der Waals surface area contributed by atoms with Gasteiger partial charge in [0.1, 0.15) is 12.6 Å². The first-order chi connectivity index (χ1) is 23.0. The number of nitrogens with one attached hydrogen (secondary N) is 1. The fourth-order valence-corrected chi connectivity index (χ4v) is 7.81. The highest BCUT2D eigenvalue weighted by Crippen LogP contribution is 2.28. The maximum atomic E-state index is 14.7. The molecule has 252 valence electrons. The maximum Gasteiger partial charge on any atom is 0.264 e. The summed E-state index contributed by atoms with van der Waals surface area (Å²) in [4.78, 5) is 30.5. The zero-order chi connectivity index (χ0) is 34.3. The number of rotatable bonds is 12. The minimum absolute atomic E-state index is 0.0111. The number of halogens is 2. The molecule has 0 heterocycles. The first kappa shape index (κ1) is 35.5. The summed E-state index contributed by atoms with van der Waals surface area (Å²) in [5.74, 6) is -0.804. The first-order valence-corrected chi connectivity index (χ1v) is 18.5. The van der Waals surface area contributed by atoms with Gasteiger partial charge in [-0.2, -0.15) is 0 Å². The smallest absolute Gasteiger partial charge is 0.264 e. The number of hydrogen-bond donors (Lipinski definition) is 1. The summed E-state index contributed by atoms with van der Waals surface area (Å²) in [5, 5.41) is 3.90. The Balaban J connectivity index is 1.58. The van der Waals surface area contributed by atoms with Gasteiger partial charge in [-0.05, 0) is 85.3 Å². The third-order valence-electron chi connectivity index (χ3n) is 8.95. The molecule has 1 N–H and O–H groups in total. The first-order valence-electron chi connectivity index (χ1n) is 16.3. The minimum Gasteiger partial charge on any atom is -0.352 e. The van der Waals surface area contributed by atoms with Gasteiger partial charge in [0.15, 0.2) is 0 Å². The zero-order valence-corrected chi connectivity index (χ0v) is 29.6. The van der Waals surface area contributed by atoms with Crippen molar-refractivity contribution in [3.05, 3.63) is 129 Å². The van der Waals surface area contributed by atoms with Crippen LogP contribution in [0.5, 0.6) is 0 Å². The standard InChI is InChI=1S/C38H41Cl2N3O4S/c1-27-18-20-32(22-28(27)2)43(48(46,47)33-16-10-5-11-17-33)26-37(44)42(25-30-19-21-34(39)35(40)23-30)36(24-29-12-6-3-7-13-29)38(45)41-31-14-8-4-9-15-31/h3,5-7,10-13,16-23,31,36H,4,8-9,14-15,24-26H2,1-2H3,(H,41,45). The van der Waals surface area contributed by atoms with Crippen LogP contribution < -0.4 is 9.62 Å². The van der Waals surface area contributed by atoms with Crippen LogP contribution in [-0.2, 0) is 32.6 Å². The van der Waals surface area contributed by atoms with Gasteiger partial charge in [-0.3, -0.25) is 13.9 Å². The predicted octanol–water partition coefficient (Wildman–Crippen LogP) is 7.89. The largest absolute Gasteiger partial charge is 0.352 e. The van der Waals surface area contributed by atoms with Crippen LogP contribution >= 0.6 is 23.2 Å². The summed E-state index contributed by atoms with van der Waals surface area (Å²) in [5.41, 5.74) is 3.76. The highest BCUT2D eigenvalue weighted by Gasteiger charge is 2.35. The molecule has 1 unspecified atom stereocenters. The molecule has 0 aliphatic heterocycles. The third-order valence-corrected chi connectivity index (χ3v) is 11.5. The molecule has 1 saturated carbocycles. The molecule has 48 heavy (non-hydrogen) atoms. The van der Waals surface area contributed by atoms with Gasteiger partial charge in [0.2, 0.25) is 11.8 Å². The van der Waals surface area contributed by atoms with Crippen LogP contribution in [0.1, 0.15) is 54.4 Å². The molecular weight excluding hydrogens is 665 g/mol. The molecule has 2 amide bonds. The molecule has 0 bridgehead atoms. The van der Waals surface area contributed by atoms with Crippen molar-refractivity contribution in [1.29, 1.82) is 0 Å². The van der Waals surface area contributed by atoms with E-state index in [0.29, 0.717) is 21.3 Å². The Labute approximate surface area is 293 Å². The Morgan fingerprint density at radius 3 is 2.10 bits per heavy atom. The predicted molar refractivity (Wildman–Crippen MR) is 193 cm³/mol. The number of nitrogens with zero attached hydrogens (tertiary/aromatic N) is 2. The number of amides is 2. The average Bonchev–Trinajstić information content (AvgIpc) is 3.09. The molecule has 1 aliphatic rings. The van der Waals surface area contributed by atoms with E-state index >= 15 is 0 Å². The van der Waals surface area contributed by atoms with Crippen molar-refractivity contribution in [3.8, 4) is 0 Å². The zero-order valence-electron chi connectivity index (χ0n) is 27.2. The Morgan fingerprint density at radius 2 is 1.46 bits per heavy atom. The van der Waals surface area contributed by atoms with Gasteiger partial charge >= 0.3 is 0 Å². The van der Waals surface area contributed by atoms with Crippen LogP contribution in [0.4, 0.5) is 5.69 Å². The number of hydrogen-bond acceptors (Lipinski definition) is 4. The van der Waals surface area contributed by atoms with Gasteiger partial charge in [-0.1, -0.05) is 103 Å². The molecule has 1 aliphatic carbocycles. The number of carbonyl (C=O) groups excluding carboxylic acids is 2. The van der Waals surface area contributed by atoms with Crippen molar-refractivity contribution in [2.24, 2.45) is 0 Å². The molecule has 1 atom stereocenters. The molecular formula is C38H41Cl2N3O4S. The molecule has 10 heteroatoms. The Morgan fingerprint density at radius 1 is 0.792 bits per heavy atom. The van der Waals surface area contributed by atoms with Gasteiger partial charge in [-0.25, -0.2) is 8.42 Å². The lowest BCUT2D eigenvalue weighted by Gasteiger charge is -2.35.